The standard InChI is InChI=1S/C19H34N4O4S2.ClH/c1-13(2)10-14(20)18(26)23-12-19(28-8-9-29-19)11-15(23)17(25)21-7-5-3-4-6-16(24)22-27;/h13-15,27H,3-12,20H2,1-2H3,(H,21,25)(H,22,24);1H/t14-,15-;/m0./s1. The van der Waals surface area contributed by atoms with Crippen molar-refractivity contribution in [1.82, 2.24) is 15.7 Å². The number of nitrogens with two attached hydrogens (primary N) is 1. The Morgan fingerprint density at radius 3 is 2.47 bits per heavy atom. The van der Waals surface area contributed by atoms with Gasteiger partial charge in [0.25, 0.3) is 0 Å². The van der Waals surface area contributed by atoms with E-state index in [1.54, 1.807) is 10.4 Å². The number of hydrogen-bond acceptors (Lipinski definition) is 7. The van der Waals surface area contributed by atoms with Gasteiger partial charge in [-0.2, -0.15) is 0 Å². The molecule has 2 rings (SSSR count). The minimum Gasteiger partial charge on any atom is -0.354 e. The Morgan fingerprint density at radius 2 is 1.87 bits per heavy atom. The molecule has 0 aromatic carbocycles. The molecular formula is C19H35ClN4O4S2. The first kappa shape index (κ1) is 27.4. The third-order valence-electron chi connectivity index (χ3n) is 5.24. The number of halogens is 1. The van der Waals surface area contributed by atoms with Crippen LogP contribution in [0.4, 0.5) is 0 Å². The number of unbranched alkanes of at least 4 members (excludes halogenated alkanes) is 2. The fourth-order valence-corrected chi connectivity index (χ4v) is 7.06. The molecule has 174 valence electrons. The van der Waals surface area contributed by atoms with Crippen LogP contribution >= 0.6 is 35.9 Å². The molecule has 0 radical (unpaired) electrons. The second-order valence-corrected chi connectivity index (χ2v) is 11.4. The van der Waals surface area contributed by atoms with E-state index in [1.807, 2.05) is 37.4 Å². The highest BCUT2D eigenvalue weighted by Crippen LogP contribution is 2.51. The van der Waals surface area contributed by atoms with E-state index >= 15 is 0 Å². The average Bonchev–Trinajstić information content (AvgIpc) is 3.30. The van der Waals surface area contributed by atoms with E-state index in [-0.39, 0.29) is 34.7 Å². The summed E-state index contributed by atoms with van der Waals surface area (Å²) in [5.74, 6) is 1.76. The van der Waals surface area contributed by atoms with Gasteiger partial charge in [-0.05, 0) is 25.2 Å². The van der Waals surface area contributed by atoms with Gasteiger partial charge in [0.05, 0.1) is 10.1 Å². The third-order valence-corrected chi connectivity index (χ3v) is 8.66. The number of hydrogen-bond donors (Lipinski definition) is 4. The third kappa shape index (κ3) is 7.78. The summed E-state index contributed by atoms with van der Waals surface area (Å²) in [4.78, 5) is 38.6. The van der Waals surface area contributed by atoms with E-state index in [1.165, 1.54) is 0 Å². The van der Waals surface area contributed by atoms with Crippen molar-refractivity contribution in [2.24, 2.45) is 11.7 Å². The zero-order valence-electron chi connectivity index (χ0n) is 17.7. The molecule has 0 aromatic rings. The van der Waals surface area contributed by atoms with Crippen molar-refractivity contribution in [3.63, 3.8) is 0 Å². The number of nitrogens with one attached hydrogen (secondary N) is 2. The van der Waals surface area contributed by atoms with Gasteiger partial charge >= 0.3 is 0 Å². The zero-order chi connectivity index (χ0) is 21.4. The van der Waals surface area contributed by atoms with Gasteiger partial charge in [-0.3, -0.25) is 19.6 Å². The molecule has 2 aliphatic rings. The van der Waals surface area contributed by atoms with Gasteiger partial charge in [-0.25, -0.2) is 5.48 Å². The lowest BCUT2D eigenvalue weighted by Gasteiger charge is -2.27. The highest BCUT2D eigenvalue weighted by Gasteiger charge is 2.51. The lowest BCUT2D eigenvalue weighted by atomic mass is 10.0. The molecule has 8 nitrogen and oxygen atoms in total. The first-order valence-corrected chi connectivity index (χ1v) is 12.3. The van der Waals surface area contributed by atoms with Crippen molar-refractivity contribution < 1.29 is 19.6 Å². The highest BCUT2D eigenvalue weighted by atomic mass is 35.5. The predicted molar refractivity (Wildman–Crippen MR) is 124 cm³/mol. The minimum atomic E-state index is -0.575. The van der Waals surface area contributed by atoms with E-state index in [9.17, 15) is 14.4 Å². The van der Waals surface area contributed by atoms with Gasteiger partial charge in [-0.1, -0.05) is 20.3 Å². The fraction of sp³-hybridized carbons (Fsp3) is 0.842. The van der Waals surface area contributed by atoms with Crippen molar-refractivity contribution in [1.29, 1.82) is 0 Å². The number of likely N-dealkylation sites (tertiary alicyclic amines) is 1. The van der Waals surface area contributed by atoms with Crippen LogP contribution < -0.4 is 16.5 Å². The Morgan fingerprint density at radius 1 is 1.20 bits per heavy atom. The van der Waals surface area contributed by atoms with Gasteiger partial charge in [0.2, 0.25) is 17.7 Å². The molecule has 5 N–H and O–H groups in total. The lowest BCUT2D eigenvalue weighted by Crippen LogP contribution is -2.51. The summed E-state index contributed by atoms with van der Waals surface area (Å²) in [5.41, 5.74) is 7.76. The predicted octanol–water partition coefficient (Wildman–Crippen LogP) is 1.74. The van der Waals surface area contributed by atoms with Crippen LogP contribution in [0.5, 0.6) is 0 Å². The summed E-state index contributed by atoms with van der Waals surface area (Å²) in [5, 5.41) is 11.4. The van der Waals surface area contributed by atoms with Crippen molar-refractivity contribution >= 4 is 53.7 Å². The highest BCUT2D eigenvalue weighted by molar-refractivity contribution is 8.21. The Labute approximate surface area is 193 Å². The molecule has 0 aliphatic carbocycles. The smallest absolute Gasteiger partial charge is 0.243 e. The van der Waals surface area contributed by atoms with E-state index < -0.39 is 18.0 Å². The maximum atomic E-state index is 13.0. The van der Waals surface area contributed by atoms with Gasteiger partial charge in [0.15, 0.2) is 0 Å². The van der Waals surface area contributed by atoms with Crippen LogP contribution in [-0.2, 0) is 14.4 Å². The van der Waals surface area contributed by atoms with E-state index in [0.29, 0.717) is 38.3 Å². The molecule has 0 saturated carbocycles. The number of carbonyl (C=O) groups is 3. The van der Waals surface area contributed by atoms with Crippen molar-refractivity contribution in [3.8, 4) is 0 Å². The van der Waals surface area contributed by atoms with Crippen LogP contribution in [0.15, 0.2) is 0 Å². The van der Waals surface area contributed by atoms with Crippen molar-refractivity contribution in [2.45, 2.75) is 68.5 Å². The molecule has 0 aromatic heterocycles. The minimum absolute atomic E-state index is 0. The molecular weight excluding hydrogens is 448 g/mol. The largest absolute Gasteiger partial charge is 0.354 e. The summed E-state index contributed by atoms with van der Waals surface area (Å²) < 4.78 is -0.0904. The molecule has 30 heavy (non-hydrogen) atoms. The molecule has 1 spiro atoms. The number of nitrogens with zero attached hydrogens (tertiary/aromatic N) is 1. The molecule has 2 aliphatic heterocycles. The Kier molecular flexibility index (Phi) is 11.9. The van der Waals surface area contributed by atoms with Gasteiger partial charge in [0, 0.05) is 37.4 Å². The summed E-state index contributed by atoms with van der Waals surface area (Å²) in [6.45, 7) is 5.15. The van der Waals surface area contributed by atoms with Crippen LogP contribution in [-0.4, -0.2) is 68.6 Å². The van der Waals surface area contributed by atoms with Crippen LogP contribution in [0.1, 0.15) is 52.4 Å². The van der Waals surface area contributed by atoms with Crippen LogP contribution in [0.3, 0.4) is 0 Å². The number of amides is 3. The monoisotopic (exact) mass is 482 g/mol. The van der Waals surface area contributed by atoms with Crippen molar-refractivity contribution in [3.05, 3.63) is 0 Å². The summed E-state index contributed by atoms with van der Waals surface area (Å²) in [6.07, 6.45) is 3.70. The average molecular weight is 483 g/mol. The second-order valence-electron chi connectivity index (χ2n) is 8.17. The topological polar surface area (TPSA) is 125 Å². The molecule has 2 heterocycles. The Bertz CT molecular complexity index is 591. The Hall–Kier alpha value is -0.680. The summed E-state index contributed by atoms with van der Waals surface area (Å²) >= 11 is 3.70. The lowest BCUT2D eigenvalue weighted by molar-refractivity contribution is -0.139. The van der Waals surface area contributed by atoms with E-state index in [0.717, 1.165) is 24.3 Å². The Balaban J connectivity index is 0.00000450. The molecule has 3 amide bonds. The molecule has 0 bridgehead atoms. The first-order chi connectivity index (χ1) is 13.8. The van der Waals surface area contributed by atoms with E-state index in [2.05, 4.69) is 5.32 Å². The molecule has 2 fully saturated rings. The number of thioether (sulfide) groups is 2. The van der Waals surface area contributed by atoms with Crippen LogP contribution in [0.2, 0.25) is 0 Å². The maximum absolute atomic E-state index is 13.0. The quantitative estimate of drug-likeness (QED) is 0.212. The molecule has 0 unspecified atom stereocenters. The van der Waals surface area contributed by atoms with Crippen molar-refractivity contribution in [2.75, 3.05) is 24.6 Å². The van der Waals surface area contributed by atoms with Gasteiger partial charge < -0.3 is 16.0 Å². The van der Waals surface area contributed by atoms with Crippen LogP contribution in [0.25, 0.3) is 0 Å². The second kappa shape index (κ2) is 13.0. The number of hydroxylamine groups is 1. The first-order valence-electron chi connectivity index (χ1n) is 10.3. The van der Waals surface area contributed by atoms with E-state index in [4.69, 9.17) is 10.9 Å². The van der Waals surface area contributed by atoms with Gasteiger partial charge in [0.1, 0.15) is 6.04 Å². The normalized spacial score (nSPS) is 20.8. The summed E-state index contributed by atoms with van der Waals surface area (Å²) in [7, 11) is 0. The SMILES string of the molecule is CC(C)C[C@H](N)C(=O)N1CC2(C[C@H]1C(=O)NCCCCCC(=O)NO)SCCS2.Cl. The fourth-order valence-electron chi connectivity index (χ4n) is 3.81. The summed E-state index contributed by atoms with van der Waals surface area (Å²) in [6, 6.07) is -1.05. The zero-order valence-corrected chi connectivity index (χ0v) is 20.2. The maximum Gasteiger partial charge on any atom is 0.243 e. The van der Waals surface area contributed by atoms with Gasteiger partial charge in [-0.15, -0.1) is 35.9 Å². The number of rotatable bonds is 10. The number of carbonyl (C=O) groups excluding carboxylic acids is 3. The molecule has 2 atom stereocenters. The molecule has 2 saturated heterocycles. The molecule has 11 heteroatoms. The van der Waals surface area contributed by atoms with Crippen LogP contribution in [0, 0.1) is 5.92 Å².